The smallest absolute Gasteiger partial charge is 0.232 e. The SMILES string of the molecule is COc1ccc(CNC(=S)Nc2nc(N3CCCCC3)cc(N3CCN(c4ccccc4)CC3)n2)cc1. The van der Waals surface area contributed by atoms with Crippen LogP contribution in [0.3, 0.4) is 0 Å². The van der Waals surface area contributed by atoms with Crippen LogP contribution in [-0.2, 0) is 6.54 Å². The van der Waals surface area contributed by atoms with Crippen molar-refractivity contribution in [3.05, 3.63) is 66.2 Å². The van der Waals surface area contributed by atoms with E-state index in [2.05, 4.69) is 61.7 Å². The number of hydrogen-bond acceptors (Lipinski definition) is 7. The van der Waals surface area contributed by atoms with Gasteiger partial charge in [-0.1, -0.05) is 30.3 Å². The Morgan fingerprint density at radius 1 is 0.811 bits per heavy atom. The molecule has 0 aliphatic carbocycles. The van der Waals surface area contributed by atoms with E-state index in [0.717, 1.165) is 62.2 Å². The Morgan fingerprint density at radius 3 is 2.08 bits per heavy atom. The van der Waals surface area contributed by atoms with E-state index in [-0.39, 0.29) is 0 Å². The zero-order valence-corrected chi connectivity index (χ0v) is 22.2. The molecule has 2 saturated heterocycles. The second-order valence-corrected chi connectivity index (χ2v) is 9.83. The van der Waals surface area contributed by atoms with Gasteiger partial charge in [0.25, 0.3) is 0 Å². The second-order valence-electron chi connectivity index (χ2n) is 9.42. The summed E-state index contributed by atoms with van der Waals surface area (Å²) in [7, 11) is 1.67. The maximum Gasteiger partial charge on any atom is 0.232 e. The average molecular weight is 518 g/mol. The standard InChI is InChI=1S/C28H35N7OS/c1-36-24-12-10-22(11-13-24)21-29-28(37)32-27-30-25(34-14-6-3-7-15-34)20-26(31-27)35-18-16-33(17-19-35)23-8-4-2-5-9-23/h2,4-5,8-13,20H,3,6-7,14-19,21H2,1H3,(H2,29,30,31,32,37). The summed E-state index contributed by atoms with van der Waals surface area (Å²) in [5.41, 5.74) is 2.39. The lowest BCUT2D eigenvalue weighted by atomic mass is 10.1. The molecular formula is C28H35N7OS. The normalized spacial score (nSPS) is 15.9. The van der Waals surface area contributed by atoms with Gasteiger partial charge in [-0.2, -0.15) is 9.97 Å². The minimum absolute atomic E-state index is 0.506. The molecule has 0 radical (unpaired) electrons. The van der Waals surface area contributed by atoms with Crippen LogP contribution in [0.25, 0.3) is 0 Å². The molecule has 2 aromatic carbocycles. The van der Waals surface area contributed by atoms with Crippen LogP contribution in [0.4, 0.5) is 23.3 Å². The number of hydrogen-bond donors (Lipinski definition) is 2. The van der Waals surface area contributed by atoms with Crippen molar-refractivity contribution in [3.8, 4) is 5.75 Å². The predicted molar refractivity (Wildman–Crippen MR) is 155 cm³/mol. The van der Waals surface area contributed by atoms with Crippen LogP contribution < -0.4 is 30.1 Å². The molecule has 2 aliphatic rings. The van der Waals surface area contributed by atoms with Gasteiger partial charge in [0, 0.05) is 57.6 Å². The van der Waals surface area contributed by atoms with Crippen LogP contribution in [0.2, 0.25) is 0 Å². The Morgan fingerprint density at radius 2 is 1.43 bits per heavy atom. The molecule has 5 rings (SSSR count). The lowest BCUT2D eigenvalue weighted by Crippen LogP contribution is -2.47. The summed E-state index contributed by atoms with van der Waals surface area (Å²) in [6.45, 7) is 6.39. The fourth-order valence-corrected chi connectivity index (χ4v) is 4.99. The van der Waals surface area contributed by atoms with E-state index in [1.165, 1.54) is 24.9 Å². The minimum Gasteiger partial charge on any atom is -0.497 e. The maximum absolute atomic E-state index is 5.59. The molecule has 1 aromatic heterocycles. The third-order valence-corrected chi connectivity index (χ3v) is 7.19. The molecule has 0 saturated carbocycles. The Labute approximate surface area is 224 Å². The molecule has 9 heteroatoms. The number of nitrogens with zero attached hydrogens (tertiary/aromatic N) is 5. The topological polar surface area (TPSA) is 68.8 Å². The third-order valence-electron chi connectivity index (χ3n) is 6.94. The van der Waals surface area contributed by atoms with Crippen molar-refractivity contribution in [2.24, 2.45) is 0 Å². The van der Waals surface area contributed by atoms with Gasteiger partial charge >= 0.3 is 0 Å². The lowest BCUT2D eigenvalue weighted by Gasteiger charge is -2.37. The summed E-state index contributed by atoms with van der Waals surface area (Å²) < 4.78 is 5.24. The molecule has 0 spiro atoms. The van der Waals surface area contributed by atoms with Gasteiger partial charge in [-0.25, -0.2) is 0 Å². The number of thiocarbonyl (C=S) groups is 1. The van der Waals surface area contributed by atoms with E-state index in [1.807, 2.05) is 24.3 Å². The van der Waals surface area contributed by atoms with Crippen molar-refractivity contribution in [1.29, 1.82) is 0 Å². The number of para-hydroxylation sites is 1. The molecule has 0 atom stereocenters. The fraction of sp³-hybridized carbons (Fsp3) is 0.393. The van der Waals surface area contributed by atoms with E-state index >= 15 is 0 Å². The summed E-state index contributed by atoms with van der Waals surface area (Å²) in [5, 5.41) is 7.02. The fourth-order valence-electron chi connectivity index (χ4n) is 4.83. The highest BCUT2D eigenvalue weighted by atomic mass is 32.1. The Bertz CT molecular complexity index is 1160. The summed E-state index contributed by atoms with van der Waals surface area (Å²) in [4.78, 5) is 16.9. The monoisotopic (exact) mass is 517 g/mol. The van der Waals surface area contributed by atoms with Crippen LogP contribution in [0.1, 0.15) is 24.8 Å². The molecule has 0 unspecified atom stereocenters. The first-order valence-electron chi connectivity index (χ1n) is 13.0. The molecular weight excluding hydrogens is 482 g/mol. The molecule has 3 aromatic rings. The van der Waals surface area contributed by atoms with Crippen molar-refractivity contribution in [1.82, 2.24) is 15.3 Å². The number of nitrogens with one attached hydrogen (secondary N) is 2. The number of aromatic nitrogens is 2. The van der Waals surface area contributed by atoms with Crippen LogP contribution in [0.5, 0.6) is 5.75 Å². The molecule has 194 valence electrons. The highest BCUT2D eigenvalue weighted by molar-refractivity contribution is 7.80. The number of piperazine rings is 1. The molecule has 0 bridgehead atoms. The van der Waals surface area contributed by atoms with Gasteiger partial charge in [-0.15, -0.1) is 0 Å². The van der Waals surface area contributed by atoms with Gasteiger partial charge in [0.1, 0.15) is 17.4 Å². The average Bonchev–Trinajstić information content (AvgIpc) is 2.97. The van der Waals surface area contributed by atoms with E-state index in [0.29, 0.717) is 17.6 Å². The number of piperidine rings is 1. The molecule has 0 amide bonds. The van der Waals surface area contributed by atoms with Crippen LogP contribution in [-0.4, -0.2) is 61.5 Å². The third kappa shape index (κ3) is 6.60. The van der Waals surface area contributed by atoms with Gasteiger partial charge in [0.15, 0.2) is 5.11 Å². The zero-order chi connectivity index (χ0) is 25.5. The second kappa shape index (κ2) is 12.1. The molecule has 37 heavy (non-hydrogen) atoms. The molecule has 2 fully saturated rings. The summed E-state index contributed by atoms with van der Waals surface area (Å²) in [5.74, 6) is 3.29. The lowest BCUT2D eigenvalue weighted by molar-refractivity contribution is 0.414. The van der Waals surface area contributed by atoms with Gasteiger partial charge in [0.05, 0.1) is 7.11 Å². The summed E-state index contributed by atoms with van der Waals surface area (Å²) in [6, 6.07) is 20.7. The number of methoxy groups -OCH3 is 1. The molecule has 2 aliphatic heterocycles. The largest absolute Gasteiger partial charge is 0.497 e. The number of ether oxygens (including phenoxy) is 1. The summed E-state index contributed by atoms with van der Waals surface area (Å²) in [6.07, 6.45) is 3.67. The highest BCUT2D eigenvalue weighted by Gasteiger charge is 2.22. The van der Waals surface area contributed by atoms with E-state index in [1.54, 1.807) is 7.11 Å². The van der Waals surface area contributed by atoms with Crippen molar-refractivity contribution in [2.75, 3.05) is 66.4 Å². The summed E-state index contributed by atoms with van der Waals surface area (Å²) >= 11 is 5.59. The number of rotatable bonds is 7. The van der Waals surface area contributed by atoms with Gasteiger partial charge < -0.3 is 30.1 Å². The Kier molecular flexibility index (Phi) is 8.20. The predicted octanol–water partition coefficient (Wildman–Crippen LogP) is 4.29. The van der Waals surface area contributed by atoms with E-state index < -0.39 is 0 Å². The van der Waals surface area contributed by atoms with Crippen LogP contribution >= 0.6 is 12.2 Å². The van der Waals surface area contributed by atoms with Crippen molar-refractivity contribution in [3.63, 3.8) is 0 Å². The minimum atomic E-state index is 0.506. The Hall–Kier alpha value is -3.59. The quantitative estimate of drug-likeness (QED) is 0.447. The molecule has 3 heterocycles. The number of anilines is 4. The zero-order valence-electron chi connectivity index (χ0n) is 21.4. The van der Waals surface area contributed by atoms with Gasteiger partial charge in [-0.3, -0.25) is 0 Å². The first kappa shape index (κ1) is 25.1. The van der Waals surface area contributed by atoms with Crippen molar-refractivity contribution < 1.29 is 4.74 Å². The van der Waals surface area contributed by atoms with E-state index in [9.17, 15) is 0 Å². The van der Waals surface area contributed by atoms with Crippen molar-refractivity contribution in [2.45, 2.75) is 25.8 Å². The van der Waals surface area contributed by atoms with Gasteiger partial charge in [0.2, 0.25) is 5.95 Å². The maximum atomic E-state index is 5.59. The van der Waals surface area contributed by atoms with Gasteiger partial charge in [-0.05, 0) is 61.3 Å². The highest BCUT2D eigenvalue weighted by Crippen LogP contribution is 2.26. The molecule has 2 N–H and O–H groups in total. The first-order valence-corrected chi connectivity index (χ1v) is 13.5. The molecule has 8 nitrogen and oxygen atoms in total. The van der Waals surface area contributed by atoms with Crippen LogP contribution in [0, 0.1) is 0 Å². The van der Waals surface area contributed by atoms with Crippen LogP contribution in [0.15, 0.2) is 60.7 Å². The Balaban J connectivity index is 1.27. The van der Waals surface area contributed by atoms with Crippen molar-refractivity contribution >= 4 is 40.6 Å². The number of benzene rings is 2. The first-order chi connectivity index (χ1) is 18.2. The van der Waals surface area contributed by atoms with E-state index in [4.69, 9.17) is 26.9 Å².